The summed E-state index contributed by atoms with van der Waals surface area (Å²) < 4.78 is 0. The average molecular weight is 278 g/mol. The lowest BCUT2D eigenvalue weighted by Gasteiger charge is -2.38. The minimum Gasteiger partial charge on any atom is -0.508 e. The largest absolute Gasteiger partial charge is 0.508 e. The quantitative estimate of drug-likeness (QED) is 0.671. The van der Waals surface area contributed by atoms with Crippen LogP contribution in [0.5, 0.6) is 11.5 Å². The molecule has 0 aliphatic heterocycles. The van der Waals surface area contributed by atoms with E-state index in [0.29, 0.717) is 11.8 Å². The second-order valence-electron chi connectivity index (χ2n) is 6.81. The molecule has 0 radical (unpaired) electrons. The predicted octanol–water partition coefficient (Wildman–Crippen LogP) is 5.23. The second kappa shape index (κ2) is 7.01. The maximum Gasteiger partial charge on any atom is 0.119 e. The Morgan fingerprint density at radius 3 is 2.00 bits per heavy atom. The van der Waals surface area contributed by atoms with Gasteiger partial charge in [-0.15, -0.1) is 0 Å². The molecular weight excluding hydrogens is 248 g/mol. The van der Waals surface area contributed by atoms with E-state index in [1.165, 1.54) is 31.7 Å². The van der Waals surface area contributed by atoms with Crippen LogP contribution in [-0.2, 0) is 5.41 Å². The third kappa shape index (κ3) is 4.16. The van der Waals surface area contributed by atoms with Gasteiger partial charge in [0, 0.05) is 6.07 Å². The van der Waals surface area contributed by atoms with Crippen molar-refractivity contribution < 1.29 is 10.2 Å². The number of aromatic hydroxyl groups is 2. The lowest BCUT2D eigenvalue weighted by molar-refractivity contribution is 0.217. The number of rotatable bonds is 7. The fraction of sp³-hybridized carbons (Fsp3) is 0.667. The summed E-state index contributed by atoms with van der Waals surface area (Å²) in [5.74, 6) is 1.40. The van der Waals surface area contributed by atoms with Crippen molar-refractivity contribution in [1.82, 2.24) is 0 Å². The van der Waals surface area contributed by atoms with Gasteiger partial charge < -0.3 is 10.2 Å². The SMILES string of the molecule is CCCCCC(C(C)C)C(C)(C)c1cc(O)cc(O)c1. The molecule has 1 aromatic carbocycles. The lowest BCUT2D eigenvalue weighted by Crippen LogP contribution is -2.32. The van der Waals surface area contributed by atoms with Gasteiger partial charge >= 0.3 is 0 Å². The van der Waals surface area contributed by atoms with Crippen LogP contribution < -0.4 is 0 Å². The molecule has 0 fully saturated rings. The summed E-state index contributed by atoms with van der Waals surface area (Å²) in [5, 5.41) is 19.5. The first-order valence-electron chi connectivity index (χ1n) is 7.82. The van der Waals surface area contributed by atoms with E-state index >= 15 is 0 Å². The first kappa shape index (κ1) is 16.9. The molecule has 2 nitrogen and oxygen atoms in total. The lowest BCUT2D eigenvalue weighted by atomic mass is 9.67. The molecule has 1 unspecified atom stereocenters. The molecule has 0 spiro atoms. The van der Waals surface area contributed by atoms with Crippen molar-refractivity contribution in [1.29, 1.82) is 0 Å². The van der Waals surface area contributed by atoms with Gasteiger partial charge in [0.15, 0.2) is 0 Å². The number of phenolic OH excluding ortho intramolecular Hbond substituents is 2. The Hall–Kier alpha value is -1.18. The van der Waals surface area contributed by atoms with Gasteiger partial charge in [0.25, 0.3) is 0 Å². The molecule has 0 amide bonds. The van der Waals surface area contributed by atoms with Gasteiger partial charge in [0.05, 0.1) is 0 Å². The van der Waals surface area contributed by atoms with Crippen LogP contribution in [0.4, 0.5) is 0 Å². The smallest absolute Gasteiger partial charge is 0.119 e. The maximum atomic E-state index is 9.73. The number of hydrogen-bond acceptors (Lipinski definition) is 2. The highest BCUT2D eigenvalue weighted by Gasteiger charge is 2.33. The maximum absolute atomic E-state index is 9.73. The molecule has 0 aromatic heterocycles. The van der Waals surface area contributed by atoms with Gasteiger partial charge in [-0.1, -0.05) is 53.9 Å². The summed E-state index contributed by atoms with van der Waals surface area (Å²) in [7, 11) is 0. The molecule has 20 heavy (non-hydrogen) atoms. The summed E-state index contributed by atoms with van der Waals surface area (Å²) in [5.41, 5.74) is 0.961. The van der Waals surface area contributed by atoms with E-state index in [4.69, 9.17) is 0 Å². The van der Waals surface area contributed by atoms with E-state index in [2.05, 4.69) is 34.6 Å². The van der Waals surface area contributed by atoms with E-state index in [1.807, 2.05) is 0 Å². The van der Waals surface area contributed by atoms with E-state index in [1.54, 1.807) is 12.1 Å². The molecule has 1 atom stereocenters. The van der Waals surface area contributed by atoms with Crippen LogP contribution in [0.1, 0.15) is 65.9 Å². The van der Waals surface area contributed by atoms with E-state index in [0.717, 1.165) is 5.56 Å². The van der Waals surface area contributed by atoms with Gasteiger partial charge in [-0.3, -0.25) is 0 Å². The Morgan fingerprint density at radius 2 is 1.55 bits per heavy atom. The van der Waals surface area contributed by atoms with Gasteiger partial charge in [-0.05, 0) is 41.4 Å². The topological polar surface area (TPSA) is 40.5 Å². The fourth-order valence-corrected chi connectivity index (χ4v) is 3.32. The highest BCUT2D eigenvalue weighted by Crippen LogP contribution is 2.41. The Balaban J connectivity index is 3.01. The molecule has 2 heteroatoms. The zero-order chi connectivity index (χ0) is 15.3. The van der Waals surface area contributed by atoms with Crippen LogP contribution >= 0.6 is 0 Å². The molecule has 0 saturated carbocycles. The van der Waals surface area contributed by atoms with Crippen LogP contribution in [0.3, 0.4) is 0 Å². The van der Waals surface area contributed by atoms with Gasteiger partial charge in [-0.25, -0.2) is 0 Å². The number of benzene rings is 1. The Bertz CT molecular complexity index is 401. The van der Waals surface area contributed by atoms with Crippen LogP contribution in [0, 0.1) is 11.8 Å². The Labute approximate surface area is 123 Å². The second-order valence-corrected chi connectivity index (χ2v) is 6.81. The zero-order valence-corrected chi connectivity index (χ0v) is 13.6. The van der Waals surface area contributed by atoms with Crippen molar-refractivity contribution in [3.63, 3.8) is 0 Å². The van der Waals surface area contributed by atoms with Crippen molar-refractivity contribution in [2.75, 3.05) is 0 Å². The van der Waals surface area contributed by atoms with Crippen LogP contribution in [0.2, 0.25) is 0 Å². The predicted molar refractivity (Wildman–Crippen MR) is 85.3 cm³/mol. The minimum atomic E-state index is -0.0574. The van der Waals surface area contributed by atoms with Crippen LogP contribution in [0.15, 0.2) is 18.2 Å². The van der Waals surface area contributed by atoms with Crippen molar-refractivity contribution in [2.24, 2.45) is 11.8 Å². The number of unbranched alkanes of at least 4 members (excludes halogenated alkanes) is 2. The van der Waals surface area contributed by atoms with E-state index in [-0.39, 0.29) is 16.9 Å². The van der Waals surface area contributed by atoms with Crippen LogP contribution in [-0.4, -0.2) is 10.2 Å². The van der Waals surface area contributed by atoms with Gasteiger partial charge in [0.2, 0.25) is 0 Å². The summed E-state index contributed by atoms with van der Waals surface area (Å²) in [6.07, 6.45) is 4.94. The number of hydrogen-bond donors (Lipinski definition) is 2. The van der Waals surface area contributed by atoms with E-state index < -0.39 is 0 Å². The first-order chi connectivity index (χ1) is 9.28. The fourth-order valence-electron chi connectivity index (χ4n) is 3.32. The average Bonchev–Trinajstić information content (AvgIpc) is 2.32. The molecule has 0 heterocycles. The van der Waals surface area contributed by atoms with Crippen LogP contribution in [0.25, 0.3) is 0 Å². The molecule has 1 aromatic rings. The third-order valence-corrected chi connectivity index (χ3v) is 4.50. The summed E-state index contributed by atoms with van der Waals surface area (Å²) >= 11 is 0. The number of phenols is 2. The molecule has 114 valence electrons. The van der Waals surface area contributed by atoms with Gasteiger partial charge in [0.1, 0.15) is 11.5 Å². The molecule has 1 rings (SSSR count). The minimum absolute atomic E-state index is 0.0574. The monoisotopic (exact) mass is 278 g/mol. The summed E-state index contributed by atoms with van der Waals surface area (Å²) in [4.78, 5) is 0. The van der Waals surface area contributed by atoms with Crippen molar-refractivity contribution >= 4 is 0 Å². The third-order valence-electron chi connectivity index (χ3n) is 4.50. The van der Waals surface area contributed by atoms with Crippen molar-refractivity contribution in [2.45, 2.75) is 65.7 Å². The normalized spacial score (nSPS) is 13.7. The first-order valence-corrected chi connectivity index (χ1v) is 7.82. The van der Waals surface area contributed by atoms with Gasteiger partial charge in [-0.2, -0.15) is 0 Å². The van der Waals surface area contributed by atoms with Crippen molar-refractivity contribution in [3.8, 4) is 11.5 Å². The summed E-state index contributed by atoms with van der Waals surface area (Å²) in [6, 6.07) is 4.96. The molecule has 0 saturated heterocycles. The van der Waals surface area contributed by atoms with E-state index in [9.17, 15) is 10.2 Å². The Kier molecular flexibility index (Phi) is 5.91. The highest BCUT2D eigenvalue weighted by molar-refractivity contribution is 5.40. The summed E-state index contributed by atoms with van der Waals surface area (Å²) in [6.45, 7) is 11.2. The highest BCUT2D eigenvalue weighted by atomic mass is 16.3. The molecule has 0 aliphatic carbocycles. The Morgan fingerprint density at radius 1 is 1.00 bits per heavy atom. The molecule has 2 N–H and O–H groups in total. The molecule has 0 aliphatic rings. The van der Waals surface area contributed by atoms with Crippen molar-refractivity contribution in [3.05, 3.63) is 23.8 Å². The molecule has 0 bridgehead atoms. The zero-order valence-electron chi connectivity index (χ0n) is 13.6. The molecular formula is C18H30O2. The standard InChI is InChI=1S/C18H30O2/c1-6-7-8-9-17(13(2)3)18(4,5)14-10-15(19)12-16(20)11-14/h10-13,17,19-20H,6-9H2,1-5H3.